The van der Waals surface area contributed by atoms with Gasteiger partial charge in [0.25, 0.3) is 0 Å². The van der Waals surface area contributed by atoms with Gasteiger partial charge in [-0.15, -0.1) is 22.7 Å². The summed E-state index contributed by atoms with van der Waals surface area (Å²) in [6, 6.07) is 12.5. The lowest BCUT2D eigenvalue weighted by Gasteiger charge is -2.35. The van der Waals surface area contributed by atoms with Gasteiger partial charge in [0.1, 0.15) is 10.8 Å². The zero-order valence-electron chi connectivity index (χ0n) is 14.2. The lowest BCUT2D eigenvalue weighted by Crippen LogP contribution is -2.46. The van der Waals surface area contributed by atoms with Crippen molar-refractivity contribution in [2.24, 2.45) is 0 Å². The minimum Gasteiger partial charge on any atom is -0.497 e. The van der Waals surface area contributed by atoms with Gasteiger partial charge in [-0.05, 0) is 23.6 Å². The molecule has 0 bridgehead atoms. The highest BCUT2D eigenvalue weighted by Crippen LogP contribution is 2.28. The molecule has 3 aromatic rings. The van der Waals surface area contributed by atoms with Gasteiger partial charge in [-0.1, -0.05) is 12.1 Å². The maximum Gasteiger partial charge on any atom is 0.133 e. The number of nitrogens with zero attached hydrogens (tertiary/aromatic N) is 3. The van der Waals surface area contributed by atoms with Crippen LogP contribution in [0, 0.1) is 0 Å². The van der Waals surface area contributed by atoms with Gasteiger partial charge >= 0.3 is 0 Å². The van der Waals surface area contributed by atoms with Crippen LogP contribution < -0.4 is 9.64 Å². The molecule has 0 spiro atoms. The quantitative estimate of drug-likeness (QED) is 0.672. The molecule has 4 nitrogen and oxygen atoms in total. The third-order valence-corrected chi connectivity index (χ3v) is 6.39. The highest BCUT2D eigenvalue weighted by Gasteiger charge is 2.18. The molecule has 0 unspecified atom stereocenters. The normalized spacial score (nSPS) is 15.5. The summed E-state index contributed by atoms with van der Waals surface area (Å²) in [4.78, 5) is 11.0. The number of hydrogen-bond acceptors (Lipinski definition) is 6. The number of methoxy groups -OCH3 is 1. The van der Waals surface area contributed by atoms with Crippen molar-refractivity contribution in [2.45, 2.75) is 6.54 Å². The second kappa shape index (κ2) is 7.56. The molecule has 1 saturated heterocycles. The number of anilines is 1. The maximum atomic E-state index is 5.34. The molecule has 0 atom stereocenters. The van der Waals surface area contributed by atoms with Gasteiger partial charge in [-0.25, -0.2) is 4.98 Å². The van der Waals surface area contributed by atoms with Gasteiger partial charge in [-0.3, -0.25) is 4.90 Å². The Hall–Kier alpha value is -1.89. The van der Waals surface area contributed by atoms with Crippen LogP contribution in [0.2, 0.25) is 0 Å². The predicted octanol–water partition coefficient (Wildman–Crippen LogP) is 4.20. The lowest BCUT2D eigenvalue weighted by molar-refractivity contribution is 0.247. The molecule has 1 aliphatic heterocycles. The van der Waals surface area contributed by atoms with Crippen LogP contribution in [-0.4, -0.2) is 43.2 Å². The van der Waals surface area contributed by atoms with Crippen molar-refractivity contribution < 1.29 is 4.74 Å². The van der Waals surface area contributed by atoms with Gasteiger partial charge in [0.2, 0.25) is 0 Å². The highest BCUT2D eigenvalue weighted by atomic mass is 32.1. The van der Waals surface area contributed by atoms with Gasteiger partial charge in [0.15, 0.2) is 0 Å². The SMILES string of the molecule is COc1cccc(N2CCN(Cc3csc(-c4cccs4)n3)CC2)c1. The molecule has 25 heavy (non-hydrogen) atoms. The topological polar surface area (TPSA) is 28.6 Å². The van der Waals surface area contributed by atoms with Crippen molar-refractivity contribution in [1.82, 2.24) is 9.88 Å². The van der Waals surface area contributed by atoms with Crippen LogP contribution in [0.5, 0.6) is 5.75 Å². The number of hydrogen-bond donors (Lipinski definition) is 0. The summed E-state index contributed by atoms with van der Waals surface area (Å²) in [5, 5.41) is 5.44. The molecule has 130 valence electrons. The summed E-state index contributed by atoms with van der Waals surface area (Å²) in [6.45, 7) is 5.13. The molecule has 4 rings (SSSR count). The fourth-order valence-corrected chi connectivity index (χ4v) is 4.72. The van der Waals surface area contributed by atoms with Gasteiger partial charge in [-0.2, -0.15) is 0 Å². The first kappa shape index (κ1) is 16.6. The van der Waals surface area contributed by atoms with Gasteiger partial charge in [0.05, 0.1) is 17.7 Å². The largest absolute Gasteiger partial charge is 0.497 e. The summed E-state index contributed by atoms with van der Waals surface area (Å²) in [7, 11) is 1.72. The van der Waals surface area contributed by atoms with Crippen LogP contribution >= 0.6 is 22.7 Å². The Balaban J connectivity index is 1.34. The van der Waals surface area contributed by atoms with Crippen molar-refractivity contribution in [3.8, 4) is 15.6 Å². The van der Waals surface area contributed by atoms with Crippen LogP contribution in [0.3, 0.4) is 0 Å². The Morgan fingerprint density at radius 3 is 2.72 bits per heavy atom. The Morgan fingerprint density at radius 2 is 1.96 bits per heavy atom. The zero-order valence-corrected chi connectivity index (χ0v) is 15.9. The number of rotatable bonds is 5. The van der Waals surface area contributed by atoms with E-state index in [0.29, 0.717) is 0 Å². The number of aromatic nitrogens is 1. The summed E-state index contributed by atoms with van der Waals surface area (Å²) in [6.07, 6.45) is 0. The summed E-state index contributed by atoms with van der Waals surface area (Å²) in [5.74, 6) is 0.920. The predicted molar refractivity (Wildman–Crippen MR) is 106 cm³/mol. The lowest BCUT2D eigenvalue weighted by atomic mass is 10.2. The fraction of sp³-hybridized carbons (Fsp3) is 0.316. The molecule has 1 aliphatic rings. The Kier molecular flexibility index (Phi) is 5.01. The average molecular weight is 372 g/mol. The zero-order chi connectivity index (χ0) is 17.1. The monoisotopic (exact) mass is 371 g/mol. The van der Waals surface area contributed by atoms with Crippen molar-refractivity contribution in [3.63, 3.8) is 0 Å². The summed E-state index contributed by atoms with van der Waals surface area (Å²) in [5.41, 5.74) is 2.43. The van der Waals surface area contributed by atoms with Crippen molar-refractivity contribution in [1.29, 1.82) is 0 Å². The van der Waals surface area contributed by atoms with Gasteiger partial charge in [0, 0.05) is 49.9 Å². The molecule has 1 fully saturated rings. The van der Waals surface area contributed by atoms with E-state index in [1.165, 1.54) is 16.3 Å². The fourth-order valence-electron chi connectivity index (χ4n) is 3.09. The molecular weight excluding hydrogens is 350 g/mol. The molecule has 1 aromatic carbocycles. The first-order valence-corrected chi connectivity index (χ1v) is 10.2. The van der Waals surface area contributed by atoms with Crippen LogP contribution in [-0.2, 0) is 6.54 Å². The Labute approximate surface area is 156 Å². The minimum atomic E-state index is 0.920. The van der Waals surface area contributed by atoms with Crippen molar-refractivity contribution >= 4 is 28.4 Å². The molecule has 2 aromatic heterocycles. The number of thiazole rings is 1. The van der Waals surface area contributed by atoms with Crippen molar-refractivity contribution in [2.75, 3.05) is 38.2 Å². The second-order valence-electron chi connectivity index (χ2n) is 6.09. The molecule has 0 aliphatic carbocycles. The molecule has 3 heterocycles. The van der Waals surface area contributed by atoms with E-state index in [4.69, 9.17) is 9.72 Å². The van der Waals surface area contributed by atoms with E-state index in [9.17, 15) is 0 Å². The molecular formula is C19H21N3OS2. The third kappa shape index (κ3) is 3.86. The first-order chi connectivity index (χ1) is 12.3. The van der Waals surface area contributed by atoms with E-state index in [0.717, 1.165) is 43.5 Å². The molecule has 0 amide bonds. The molecule has 0 N–H and O–H groups in total. The average Bonchev–Trinajstić information content (AvgIpc) is 3.34. The van der Waals surface area contributed by atoms with E-state index in [2.05, 4.69) is 50.9 Å². The summed E-state index contributed by atoms with van der Waals surface area (Å²) >= 11 is 3.50. The van der Waals surface area contributed by atoms with E-state index in [1.54, 1.807) is 29.8 Å². The van der Waals surface area contributed by atoms with E-state index >= 15 is 0 Å². The van der Waals surface area contributed by atoms with Crippen LogP contribution in [0.15, 0.2) is 47.2 Å². The number of benzene rings is 1. The minimum absolute atomic E-state index is 0.920. The molecule has 6 heteroatoms. The Bertz CT molecular complexity index is 808. The van der Waals surface area contributed by atoms with E-state index < -0.39 is 0 Å². The second-order valence-corrected chi connectivity index (χ2v) is 7.89. The number of thiophene rings is 1. The maximum absolute atomic E-state index is 5.34. The smallest absolute Gasteiger partial charge is 0.133 e. The molecule has 0 saturated carbocycles. The van der Waals surface area contributed by atoms with E-state index in [-0.39, 0.29) is 0 Å². The van der Waals surface area contributed by atoms with Gasteiger partial charge < -0.3 is 9.64 Å². The summed E-state index contributed by atoms with van der Waals surface area (Å²) < 4.78 is 5.34. The van der Waals surface area contributed by atoms with Crippen molar-refractivity contribution in [3.05, 3.63) is 52.9 Å². The number of ether oxygens (including phenoxy) is 1. The number of piperazine rings is 1. The van der Waals surface area contributed by atoms with Crippen LogP contribution in [0.4, 0.5) is 5.69 Å². The van der Waals surface area contributed by atoms with E-state index in [1.807, 2.05) is 6.07 Å². The standard InChI is InChI=1S/C19H21N3OS2/c1-23-17-5-2-4-16(12-17)22-9-7-21(8-10-22)13-15-14-25-19(20-15)18-6-3-11-24-18/h2-6,11-12,14H,7-10,13H2,1H3. The first-order valence-electron chi connectivity index (χ1n) is 8.41. The van der Waals surface area contributed by atoms with Crippen LogP contribution in [0.1, 0.15) is 5.69 Å². The molecule has 0 radical (unpaired) electrons. The highest BCUT2D eigenvalue weighted by molar-refractivity contribution is 7.20. The Morgan fingerprint density at radius 1 is 1.08 bits per heavy atom. The third-order valence-electron chi connectivity index (χ3n) is 4.46. The van der Waals surface area contributed by atoms with Crippen LogP contribution in [0.25, 0.3) is 9.88 Å².